The van der Waals surface area contributed by atoms with Crippen LogP contribution < -0.4 is 0 Å². The molecule has 0 fully saturated rings. The van der Waals surface area contributed by atoms with Gasteiger partial charge in [0.1, 0.15) is 0 Å². The molecule has 0 rings (SSSR count). The molecule has 80 valence electrons. The fraction of sp³-hybridized carbons (Fsp3) is 0.538. The zero-order chi connectivity index (χ0) is 11.0. The molecule has 1 unspecified atom stereocenters. The Morgan fingerprint density at radius 3 is 2.21 bits per heavy atom. The minimum Gasteiger partial charge on any atom is -0.374 e. The van der Waals surface area contributed by atoms with Crippen molar-refractivity contribution in [2.24, 2.45) is 0 Å². The molecule has 1 nitrogen and oxygen atoms in total. The first-order valence-corrected chi connectivity index (χ1v) is 5.25. The van der Waals surface area contributed by atoms with Crippen LogP contribution in [-0.2, 0) is 4.74 Å². The average molecular weight is 194 g/mol. The Labute approximate surface area is 88.2 Å². The first kappa shape index (κ1) is 13.2. The first-order chi connectivity index (χ1) is 6.67. The summed E-state index contributed by atoms with van der Waals surface area (Å²) in [4.78, 5) is 0. The summed E-state index contributed by atoms with van der Waals surface area (Å²) in [7, 11) is 0. The van der Waals surface area contributed by atoms with Crippen LogP contribution in [0.1, 0.15) is 34.6 Å². The fourth-order valence-electron chi connectivity index (χ4n) is 1.45. The summed E-state index contributed by atoms with van der Waals surface area (Å²) in [5.41, 5.74) is 2.53. The van der Waals surface area contributed by atoms with Crippen molar-refractivity contribution < 1.29 is 4.74 Å². The molecule has 0 N–H and O–H groups in total. The molecule has 0 aliphatic heterocycles. The highest BCUT2D eigenvalue weighted by Crippen LogP contribution is 2.15. The second-order valence-electron chi connectivity index (χ2n) is 3.24. The van der Waals surface area contributed by atoms with E-state index in [1.54, 1.807) is 0 Å². The van der Waals surface area contributed by atoms with Crippen LogP contribution in [-0.4, -0.2) is 12.7 Å². The minimum atomic E-state index is 0.174. The molecular weight excluding hydrogens is 172 g/mol. The van der Waals surface area contributed by atoms with Crippen LogP contribution in [0.2, 0.25) is 0 Å². The Hall–Kier alpha value is -0.820. The lowest BCUT2D eigenvalue weighted by molar-refractivity contribution is 0.103. The third kappa shape index (κ3) is 4.43. The number of allylic oxidation sites excluding steroid dienone is 4. The van der Waals surface area contributed by atoms with E-state index in [4.69, 9.17) is 4.74 Å². The number of hydrogen-bond donors (Lipinski definition) is 0. The quantitative estimate of drug-likeness (QED) is 0.603. The summed E-state index contributed by atoms with van der Waals surface area (Å²) >= 11 is 0. The summed E-state index contributed by atoms with van der Waals surface area (Å²) in [5.74, 6) is 0. The summed E-state index contributed by atoms with van der Waals surface area (Å²) < 4.78 is 5.58. The lowest BCUT2D eigenvalue weighted by atomic mass is 10.0. The number of ether oxygens (including phenoxy) is 1. The largest absolute Gasteiger partial charge is 0.374 e. The molecule has 0 spiro atoms. The molecule has 0 aromatic rings. The van der Waals surface area contributed by atoms with E-state index >= 15 is 0 Å². The first-order valence-electron chi connectivity index (χ1n) is 5.25. The van der Waals surface area contributed by atoms with Gasteiger partial charge in [-0.1, -0.05) is 24.3 Å². The lowest BCUT2D eigenvalue weighted by Crippen LogP contribution is -2.11. The van der Waals surface area contributed by atoms with Crippen LogP contribution in [0.15, 0.2) is 35.5 Å². The monoisotopic (exact) mass is 194 g/mol. The van der Waals surface area contributed by atoms with Gasteiger partial charge in [0.15, 0.2) is 0 Å². The van der Waals surface area contributed by atoms with E-state index in [0.29, 0.717) is 0 Å². The highest BCUT2D eigenvalue weighted by Gasteiger charge is 2.07. The van der Waals surface area contributed by atoms with Gasteiger partial charge in [-0.25, -0.2) is 0 Å². The van der Waals surface area contributed by atoms with Crippen molar-refractivity contribution in [3.63, 3.8) is 0 Å². The molecule has 0 bridgehead atoms. The summed E-state index contributed by atoms with van der Waals surface area (Å²) in [6.07, 6.45) is 8.52. The fourth-order valence-corrected chi connectivity index (χ4v) is 1.45. The van der Waals surface area contributed by atoms with Crippen molar-refractivity contribution in [2.75, 3.05) is 6.61 Å². The van der Waals surface area contributed by atoms with E-state index in [1.807, 2.05) is 20.8 Å². The van der Waals surface area contributed by atoms with Gasteiger partial charge in [-0.2, -0.15) is 0 Å². The molecule has 0 radical (unpaired) electrons. The smallest absolute Gasteiger partial charge is 0.0799 e. The molecule has 0 saturated heterocycles. The van der Waals surface area contributed by atoms with Crippen molar-refractivity contribution in [1.29, 1.82) is 0 Å². The summed E-state index contributed by atoms with van der Waals surface area (Å²) in [5, 5.41) is 0. The highest BCUT2D eigenvalue weighted by molar-refractivity contribution is 5.34. The van der Waals surface area contributed by atoms with Crippen LogP contribution in [0, 0.1) is 0 Å². The van der Waals surface area contributed by atoms with Gasteiger partial charge in [0.2, 0.25) is 0 Å². The van der Waals surface area contributed by atoms with Crippen LogP contribution in [0.4, 0.5) is 0 Å². The third-order valence-corrected chi connectivity index (χ3v) is 2.07. The van der Waals surface area contributed by atoms with Gasteiger partial charge in [-0.15, -0.1) is 0 Å². The van der Waals surface area contributed by atoms with Crippen LogP contribution in [0.5, 0.6) is 0 Å². The molecule has 0 aromatic carbocycles. The van der Waals surface area contributed by atoms with E-state index in [-0.39, 0.29) is 6.10 Å². The highest BCUT2D eigenvalue weighted by atomic mass is 16.5. The van der Waals surface area contributed by atoms with Gasteiger partial charge in [0.25, 0.3) is 0 Å². The Morgan fingerprint density at radius 1 is 1.21 bits per heavy atom. The molecule has 0 amide bonds. The molecular formula is C13H22O. The lowest BCUT2D eigenvalue weighted by Gasteiger charge is -2.15. The maximum atomic E-state index is 5.58. The molecule has 0 aliphatic carbocycles. The van der Waals surface area contributed by atoms with Crippen molar-refractivity contribution in [2.45, 2.75) is 40.7 Å². The number of hydrogen-bond acceptors (Lipinski definition) is 1. The van der Waals surface area contributed by atoms with Crippen molar-refractivity contribution >= 4 is 0 Å². The van der Waals surface area contributed by atoms with E-state index in [0.717, 1.165) is 6.61 Å². The molecule has 0 aromatic heterocycles. The van der Waals surface area contributed by atoms with Gasteiger partial charge in [-0.05, 0) is 45.8 Å². The standard InChI is InChI=1S/C13H22O/c1-6-9-11(4)13(10-7-2)12(5)14-8-3/h6-7,9-10,12H,8H2,1-5H3/b9-6-,10-7?,13-11-. The summed E-state index contributed by atoms with van der Waals surface area (Å²) in [6.45, 7) is 11.0. The maximum Gasteiger partial charge on any atom is 0.0799 e. The Kier molecular flexibility index (Phi) is 7.13. The SMILES string of the molecule is CC=C/C(=C(C)/C=C\C)C(C)OCC. The Morgan fingerprint density at radius 2 is 1.79 bits per heavy atom. The molecule has 0 saturated carbocycles. The van der Waals surface area contributed by atoms with Gasteiger partial charge in [0, 0.05) is 6.61 Å². The van der Waals surface area contributed by atoms with Gasteiger partial charge in [0.05, 0.1) is 6.10 Å². The zero-order valence-corrected chi connectivity index (χ0v) is 10.0. The maximum absolute atomic E-state index is 5.58. The van der Waals surface area contributed by atoms with Crippen molar-refractivity contribution in [1.82, 2.24) is 0 Å². The van der Waals surface area contributed by atoms with E-state index < -0.39 is 0 Å². The Bertz CT molecular complexity index is 234. The minimum absolute atomic E-state index is 0.174. The van der Waals surface area contributed by atoms with Crippen LogP contribution >= 0.6 is 0 Å². The van der Waals surface area contributed by atoms with Crippen LogP contribution in [0.3, 0.4) is 0 Å². The molecule has 1 atom stereocenters. The molecule has 0 heterocycles. The van der Waals surface area contributed by atoms with E-state index in [1.165, 1.54) is 11.1 Å². The van der Waals surface area contributed by atoms with Gasteiger partial charge >= 0.3 is 0 Å². The predicted octanol–water partition coefficient (Wildman–Crippen LogP) is 3.88. The normalized spacial score (nSPS) is 16.4. The average Bonchev–Trinajstić information content (AvgIpc) is 2.14. The Balaban J connectivity index is 4.82. The van der Waals surface area contributed by atoms with Gasteiger partial charge < -0.3 is 4.74 Å². The second-order valence-corrected chi connectivity index (χ2v) is 3.24. The topological polar surface area (TPSA) is 9.23 Å². The van der Waals surface area contributed by atoms with Crippen LogP contribution in [0.25, 0.3) is 0 Å². The molecule has 1 heteroatoms. The van der Waals surface area contributed by atoms with Gasteiger partial charge in [-0.3, -0.25) is 0 Å². The van der Waals surface area contributed by atoms with Crippen molar-refractivity contribution in [3.05, 3.63) is 35.5 Å². The summed E-state index contributed by atoms with van der Waals surface area (Å²) in [6, 6.07) is 0. The van der Waals surface area contributed by atoms with E-state index in [2.05, 4.69) is 38.2 Å². The van der Waals surface area contributed by atoms with E-state index in [9.17, 15) is 0 Å². The molecule has 14 heavy (non-hydrogen) atoms. The number of rotatable bonds is 5. The second kappa shape index (κ2) is 7.57. The molecule has 0 aliphatic rings. The third-order valence-electron chi connectivity index (χ3n) is 2.07. The predicted molar refractivity (Wildman–Crippen MR) is 63.4 cm³/mol. The zero-order valence-electron chi connectivity index (χ0n) is 10.0. The van der Waals surface area contributed by atoms with Crippen molar-refractivity contribution in [3.8, 4) is 0 Å².